The maximum atomic E-state index is 13.4. The van der Waals surface area contributed by atoms with E-state index in [4.69, 9.17) is 0 Å². The Morgan fingerprint density at radius 3 is 2.12 bits per heavy atom. The van der Waals surface area contributed by atoms with Gasteiger partial charge in [-0.2, -0.15) is 4.98 Å². The molecule has 0 unspecified atom stereocenters. The lowest BCUT2D eigenvalue weighted by Gasteiger charge is -2.16. The minimum Gasteiger partial charge on any atom is -0.362 e. The quantitative estimate of drug-likeness (QED) is 0.250. The molecule has 2 N–H and O–H groups in total. The van der Waals surface area contributed by atoms with E-state index in [9.17, 15) is 13.2 Å². The molecule has 2 heterocycles. The number of amides is 1. The first-order valence-corrected chi connectivity index (χ1v) is 14.3. The molecule has 0 saturated carbocycles. The highest BCUT2D eigenvalue weighted by atomic mass is 32.2. The Hall–Kier alpha value is -5.22. The van der Waals surface area contributed by atoms with E-state index in [0.29, 0.717) is 22.5 Å². The number of benzene rings is 4. The molecule has 6 aromatic rings. The monoisotopic (exact) mass is 562 g/mol. The zero-order valence-corrected chi connectivity index (χ0v) is 23.1. The SMILES string of the molecule is CN(C)c1nc(Nc2ccc(NC(=O)c3cn(S(=O)(=O)c4ccccc4)c4ccccc34)cc2)nc2ccccc12. The van der Waals surface area contributed by atoms with Gasteiger partial charge < -0.3 is 15.5 Å². The second-order valence-electron chi connectivity index (χ2n) is 9.61. The smallest absolute Gasteiger partial charge is 0.268 e. The summed E-state index contributed by atoms with van der Waals surface area (Å²) in [6.45, 7) is 0. The number of carbonyl (C=O) groups excluding carboxylic acids is 1. The van der Waals surface area contributed by atoms with Crippen LogP contribution in [0.1, 0.15) is 10.4 Å². The summed E-state index contributed by atoms with van der Waals surface area (Å²) in [4.78, 5) is 24.7. The summed E-state index contributed by atoms with van der Waals surface area (Å²) >= 11 is 0. The van der Waals surface area contributed by atoms with Crippen molar-refractivity contribution in [3.8, 4) is 0 Å². The molecule has 0 aliphatic heterocycles. The minimum atomic E-state index is -3.90. The molecule has 0 radical (unpaired) electrons. The summed E-state index contributed by atoms with van der Waals surface area (Å²) < 4.78 is 27.9. The third-order valence-corrected chi connectivity index (χ3v) is 8.32. The number of para-hydroxylation sites is 2. The van der Waals surface area contributed by atoms with Crippen molar-refractivity contribution in [2.45, 2.75) is 4.90 Å². The van der Waals surface area contributed by atoms with Crippen molar-refractivity contribution in [2.75, 3.05) is 29.6 Å². The molecular weight excluding hydrogens is 536 g/mol. The maximum Gasteiger partial charge on any atom is 0.268 e. The van der Waals surface area contributed by atoms with Gasteiger partial charge in [-0.1, -0.05) is 48.5 Å². The number of fused-ring (bicyclic) bond motifs is 2. The Morgan fingerprint density at radius 2 is 1.39 bits per heavy atom. The summed E-state index contributed by atoms with van der Waals surface area (Å²) in [6, 6.07) is 30.0. The predicted octanol–water partition coefficient (Wildman–Crippen LogP) is 5.88. The lowest BCUT2D eigenvalue weighted by molar-refractivity contribution is 0.102. The largest absolute Gasteiger partial charge is 0.362 e. The van der Waals surface area contributed by atoms with Gasteiger partial charge in [0.25, 0.3) is 15.9 Å². The van der Waals surface area contributed by atoms with Crippen LogP contribution >= 0.6 is 0 Å². The number of hydrogen-bond donors (Lipinski definition) is 2. The first-order valence-electron chi connectivity index (χ1n) is 12.8. The number of nitrogens with one attached hydrogen (secondary N) is 2. The van der Waals surface area contributed by atoms with E-state index in [0.717, 1.165) is 26.4 Å². The van der Waals surface area contributed by atoms with Crippen LogP contribution in [-0.2, 0) is 10.0 Å². The molecule has 2 aromatic heterocycles. The fraction of sp³-hybridized carbons (Fsp3) is 0.0645. The number of rotatable bonds is 7. The van der Waals surface area contributed by atoms with E-state index in [2.05, 4.69) is 20.6 Å². The van der Waals surface area contributed by atoms with E-state index < -0.39 is 15.9 Å². The average Bonchev–Trinajstić information content (AvgIpc) is 3.39. The molecule has 10 heteroatoms. The first-order chi connectivity index (χ1) is 19.8. The number of anilines is 4. The summed E-state index contributed by atoms with van der Waals surface area (Å²) in [5, 5.41) is 7.61. The van der Waals surface area contributed by atoms with Crippen LogP contribution in [0.2, 0.25) is 0 Å². The third kappa shape index (κ3) is 4.96. The molecule has 0 saturated heterocycles. The van der Waals surface area contributed by atoms with Gasteiger partial charge in [0.05, 0.1) is 21.5 Å². The molecule has 0 atom stereocenters. The molecule has 0 aliphatic rings. The predicted molar refractivity (Wildman–Crippen MR) is 163 cm³/mol. The van der Waals surface area contributed by atoms with Crippen molar-refractivity contribution in [1.82, 2.24) is 13.9 Å². The fourth-order valence-electron chi connectivity index (χ4n) is 4.66. The van der Waals surface area contributed by atoms with E-state index in [1.54, 1.807) is 54.6 Å². The van der Waals surface area contributed by atoms with Crippen LogP contribution in [0.15, 0.2) is 114 Å². The van der Waals surface area contributed by atoms with E-state index in [-0.39, 0.29) is 10.5 Å². The van der Waals surface area contributed by atoms with Gasteiger partial charge in [-0.15, -0.1) is 0 Å². The molecule has 41 heavy (non-hydrogen) atoms. The van der Waals surface area contributed by atoms with Gasteiger partial charge in [0, 0.05) is 42.4 Å². The summed E-state index contributed by atoms with van der Waals surface area (Å²) in [5.41, 5.74) is 2.80. The Bertz CT molecular complexity index is 2000. The van der Waals surface area contributed by atoms with Crippen molar-refractivity contribution in [3.63, 3.8) is 0 Å². The van der Waals surface area contributed by atoms with E-state index in [1.807, 2.05) is 55.4 Å². The van der Waals surface area contributed by atoms with Crippen molar-refractivity contribution in [2.24, 2.45) is 0 Å². The van der Waals surface area contributed by atoms with E-state index in [1.165, 1.54) is 18.3 Å². The fourth-order valence-corrected chi connectivity index (χ4v) is 6.05. The zero-order valence-electron chi connectivity index (χ0n) is 22.3. The van der Waals surface area contributed by atoms with Crippen molar-refractivity contribution in [1.29, 1.82) is 0 Å². The second kappa shape index (κ2) is 10.4. The maximum absolute atomic E-state index is 13.4. The van der Waals surface area contributed by atoms with Crippen molar-refractivity contribution < 1.29 is 13.2 Å². The average molecular weight is 563 g/mol. The van der Waals surface area contributed by atoms with E-state index >= 15 is 0 Å². The molecule has 4 aromatic carbocycles. The van der Waals surface area contributed by atoms with Gasteiger partial charge in [-0.3, -0.25) is 4.79 Å². The molecule has 6 rings (SSSR count). The Morgan fingerprint density at radius 1 is 0.756 bits per heavy atom. The lowest BCUT2D eigenvalue weighted by atomic mass is 10.1. The van der Waals surface area contributed by atoms with Gasteiger partial charge in [-0.05, 0) is 54.6 Å². The van der Waals surface area contributed by atoms with Gasteiger partial charge >= 0.3 is 0 Å². The molecule has 0 aliphatic carbocycles. The van der Waals surface area contributed by atoms with Gasteiger partial charge in [0.2, 0.25) is 5.95 Å². The van der Waals surface area contributed by atoms with Gasteiger partial charge in [-0.25, -0.2) is 17.4 Å². The third-order valence-electron chi connectivity index (χ3n) is 6.63. The molecule has 9 nitrogen and oxygen atoms in total. The lowest BCUT2D eigenvalue weighted by Crippen LogP contribution is -2.14. The molecule has 0 fully saturated rings. The van der Waals surface area contributed by atoms with Crippen LogP contribution in [-0.4, -0.2) is 42.4 Å². The first kappa shape index (κ1) is 26.0. The second-order valence-corrected chi connectivity index (χ2v) is 11.4. The standard InChI is InChI=1S/C31H26N6O3S/c1-36(2)29-25-13-6-8-14-27(25)34-31(35-29)33-22-18-16-21(17-19-22)32-30(38)26-20-37(28-15-9-7-12-24(26)28)41(39,40)23-10-4-3-5-11-23/h3-20H,1-2H3,(H,32,38)(H,33,34,35). The Labute approximate surface area is 237 Å². The molecule has 1 amide bonds. The molecule has 0 spiro atoms. The summed E-state index contributed by atoms with van der Waals surface area (Å²) in [7, 11) is -0.0253. The summed E-state index contributed by atoms with van der Waals surface area (Å²) in [5.74, 6) is 0.837. The van der Waals surface area contributed by atoms with Gasteiger partial charge in [0.1, 0.15) is 5.82 Å². The number of carbonyl (C=O) groups is 1. The van der Waals surface area contributed by atoms with Crippen LogP contribution < -0.4 is 15.5 Å². The molecule has 0 bridgehead atoms. The van der Waals surface area contributed by atoms with Crippen LogP contribution in [0.25, 0.3) is 21.8 Å². The van der Waals surface area contributed by atoms with Crippen LogP contribution in [0.3, 0.4) is 0 Å². The number of hydrogen-bond acceptors (Lipinski definition) is 7. The van der Waals surface area contributed by atoms with Gasteiger partial charge in [0.15, 0.2) is 0 Å². The summed E-state index contributed by atoms with van der Waals surface area (Å²) in [6.07, 6.45) is 1.37. The highest BCUT2D eigenvalue weighted by Crippen LogP contribution is 2.28. The molecular formula is C31H26N6O3S. The van der Waals surface area contributed by atoms with Crippen LogP contribution in [0, 0.1) is 0 Å². The highest BCUT2D eigenvalue weighted by molar-refractivity contribution is 7.90. The van der Waals surface area contributed by atoms with Crippen LogP contribution in [0.4, 0.5) is 23.1 Å². The zero-order chi connectivity index (χ0) is 28.6. The Kier molecular flexibility index (Phi) is 6.60. The number of aromatic nitrogens is 3. The Balaban J connectivity index is 1.25. The van der Waals surface area contributed by atoms with Crippen LogP contribution in [0.5, 0.6) is 0 Å². The minimum absolute atomic E-state index is 0.142. The normalized spacial score (nSPS) is 11.5. The molecule has 204 valence electrons. The van der Waals surface area contributed by atoms with Crippen molar-refractivity contribution in [3.05, 3.63) is 115 Å². The van der Waals surface area contributed by atoms with Crippen molar-refractivity contribution >= 4 is 60.9 Å². The topological polar surface area (TPSA) is 109 Å². The number of nitrogens with zero attached hydrogens (tertiary/aromatic N) is 4. The highest BCUT2D eigenvalue weighted by Gasteiger charge is 2.23.